The van der Waals surface area contributed by atoms with E-state index < -0.39 is 0 Å². The van der Waals surface area contributed by atoms with Gasteiger partial charge in [-0.25, -0.2) is 0 Å². The van der Waals surface area contributed by atoms with E-state index in [4.69, 9.17) is 0 Å². The van der Waals surface area contributed by atoms with E-state index in [2.05, 4.69) is 68.8 Å². The Balaban J connectivity index is 2.12. The van der Waals surface area contributed by atoms with Gasteiger partial charge in [-0.2, -0.15) is 0 Å². The van der Waals surface area contributed by atoms with Crippen LogP contribution in [0.2, 0.25) is 0 Å². The first-order chi connectivity index (χ1) is 8.66. The molecule has 0 atom stereocenters. The molecule has 0 fully saturated rings. The Labute approximate surface area is 108 Å². The lowest BCUT2D eigenvalue weighted by Gasteiger charge is -2.12. The van der Waals surface area contributed by atoms with Crippen LogP contribution in [0.1, 0.15) is 36.1 Å². The number of hydrogen-bond acceptors (Lipinski definition) is 0. The van der Waals surface area contributed by atoms with Gasteiger partial charge in [0.2, 0.25) is 0 Å². The average Bonchev–Trinajstić information content (AvgIpc) is 3.14. The van der Waals surface area contributed by atoms with Gasteiger partial charge >= 0.3 is 0 Å². The highest BCUT2D eigenvalue weighted by atomic mass is 14.3. The Kier molecular flexibility index (Phi) is 1.77. The number of hydrogen-bond donors (Lipinski definition) is 0. The number of benzene rings is 2. The van der Waals surface area contributed by atoms with Gasteiger partial charge in [0.15, 0.2) is 0 Å². The molecule has 0 unspecified atom stereocenters. The summed E-state index contributed by atoms with van der Waals surface area (Å²) in [6.07, 6.45) is 11.5. The van der Waals surface area contributed by atoms with E-state index in [1.807, 2.05) is 0 Å². The van der Waals surface area contributed by atoms with Crippen molar-refractivity contribution >= 4 is 22.9 Å². The highest BCUT2D eigenvalue weighted by Gasteiger charge is 2.28. The van der Waals surface area contributed by atoms with Gasteiger partial charge in [-0.15, -0.1) is 0 Å². The highest BCUT2D eigenvalue weighted by molar-refractivity contribution is 6.04. The van der Waals surface area contributed by atoms with Crippen LogP contribution in [0.3, 0.4) is 0 Å². The number of fused-ring (bicyclic) bond motifs is 6. The molecule has 0 aliphatic heterocycles. The van der Waals surface area contributed by atoms with Crippen LogP contribution in [0.25, 0.3) is 22.9 Å². The van der Waals surface area contributed by atoms with Crippen molar-refractivity contribution in [3.05, 3.63) is 65.1 Å². The molecule has 0 aromatic heterocycles. The Hall–Kier alpha value is -1.82. The van der Waals surface area contributed by atoms with Crippen molar-refractivity contribution in [1.29, 1.82) is 0 Å². The van der Waals surface area contributed by atoms with Crippen molar-refractivity contribution in [3.8, 4) is 0 Å². The van der Waals surface area contributed by atoms with Crippen molar-refractivity contribution in [2.24, 2.45) is 5.41 Å². The fourth-order valence-corrected chi connectivity index (χ4v) is 2.81. The average molecular weight is 231 g/mol. The minimum Gasteiger partial charge on any atom is -0.0745 e. The summed E-state index contributed by atoms with van der Waals surface area (Å²) in [7, 11) is 0. The molecule has 0 heteroatoms. The van der Waals surface area contributed by atoms with Crippen LogP contribution in [0.5, 0.6) is 0 Å². The summed E-state index contributed by atoms with van der Waals surface area (Å²) in [6, 6.07) is 8.72. The summed E-state index contributed by atoms with van der Waals surface area (Å²) in [5.74, 6) is 0. The van der Waals surface area contributed by atoms with Crippen molar-refractivity contribution in [2.75, 3.05) is 0 Å². The van der Waals surface area contributed by atoms with Gasteiger partial charge in [0.1, 0.15) is 0 Å². The van der Waals surface area contributed by atoms with Crippen molar-refractivity contribution in [3.63, 3.8) is 0 Å². The van der Waals surface area contributed by atoms with Crippen LogP contribution in [0.15, 0.2) is 36.4 Å². The van der Waals surface area contributed by atoms with E-state index in [0.29, 0.717) is 0 Å². The zero-order chi connectivity index (χ0) is 12.3. The largest absolute Gasteiger partial charge is 0.0745 e. The summed E-state index contributed by atoms with van der Waals surface area (Å²) >= 11 is 0. The quantitative estimate of drug-likeness (QED) is 0.520. The molecule has 18 heavy (non-hydrogen) atoms. The lowest BCUT2D eigenvalue weighted by molar-refractivity contribution is 0.633. The van der Waals surface area contributed by atoms with Crippen LogP contribution < -0.4 is 0 Å². The molecule has 0 nitrogen and oxygen atoms in total. The predicted octanol–water partition coefficient (Wildman–Crippen LogP) is 4.82. The second-order valence-corrected chi connectivity index (χ2v) is 5.83. The Bertz CT molecular complexity index is 727. The van der Waals surface area contributed by atoms with E-state index in [9.17, 15) is 0 Å². The van der Waals surface area contributed by atoms with Crippen LogP contribution in [0, 0.1) is 11.8 Å². The molecule has 0 bridgehead atoms. The number of rotatable bonds is 0. The SMILES string of the molecule is CC1(C)C=Cc2c3c(c4ccccc4c2C=C1)[CH]3. The highest BCUT2D eigenvalue weighted by Crippen LogP contribution is 2.45. The first-order valence-electron chi connectivity index (χ1n) is 6.48. The number of allylic oxidation sites excluding steroid dienone is 2. The van der Waals surface area contributed by atoms with Gasteiger partial charge in [0.25, 0.3) is 0 Å². The summed E-state index contributed by atoms with van der Waals surface area (Å²) < 4.78 is 0. The van der Waals surface area contributed by atoms with Crippen LogP contribution >= 0.6 is 0 Å². The second kappa shape index (κ2) is 3.14. The van der Waals surface area contributed by atoms with E-state index in [1.165, 1.54) is 33.0 Å². The first kappa shape index (κ1) is 10.1. The van der Waals surface area contributed by atoms with E-state index in [-0.39, 0.29) is 5.41 Å². The standard InChI is InChI=1S/C18H15/c1-18(2)9-7-14-12-5-3-4-6-13(12)16-11-17(16)15(14)8-10-18/h3-11H,1-2H3. The van der Waals surface area contributed by atoms with Crippen LogP contribution in [0.4, 0.5) is 0 Å². The van der Waals surface area contributed by atoms with Gasteiger partial charge in [-0.05, 0) is 33.0 Å². The molecular weight excluding hydrogens is 216 g/mol. The zero-order valence-electron chi connectivity index (χ0n) is 10.7. The predicted molar refractivity (Wildman–Crippen MR) is 78.3 cm³/mol. The third-order valence-electron chi connectivity index (χ3n) is 3.94. The summed E-state index contributed by atoms with van der Waals surface area (Å²) in [5, 5.41) is 2.77. The molecule has 2 aliphatic rings. The maximum Gasteiger partial charge on any atom is 0.0218 e. The van der Waals surface area contributed by atoms with Crippen LogP contribution in [-0.4, -0.2) is 0 Å². The van der Waals surface area contributed by atoms with Gasteiger partial charge in [-0.1, -0.05) is 62.4 Å². The molecular formula is C18H15. The maximum atomic E-state index is 2.30. The normalized spacial score (nSPS) is 18.3. The Morgan fingerprint density at radius 3 is 2.06 bits per heavy atom. The molecule has 2 aromatic carbocycles. The zero-order valence-corrected chi connectivity index (χ0v) is 10.7. The minimum absolute atomic E-state index is 0.141. The smallest absolute Gasteiger partial charge is 0.0218 e. The molecule has 0 saturated heterocycles. The summed E-state index contributed by atoms with van der Waals surface area (Å²) in [6.45, 7) is 4.49. The molecule has 0 amide bonds. The van der Waals surface area contributed by atoms with Gasteiger partial charge in [0, 0.05) is 11.8 Å². The van der Waals surface area contributed by atoms with Crippen molar-refractivity contribution in [1.82, 2.24) is 0 Å². The van der Waals surface area contributed by atoms with Crippen molar-refractivity contribution < 1.29 is 0 Å². The molecule has 87 valence electrons. The fraction of sp³-hybridized carbons (Fsp3) is 0.167. The van der Waals surface area contributed by atoms with Crippen molar-refractivity contribution in [2.45, 2.75) is 13.8 Å². The first-order valence-corrected chi connectivity index (χ1v) is 6.48. The Morgan fingerprint density at radius 1 is 0.722 bits per heavy atom. The monoisotopic (exact) mass is 231 g/mol. The maximum absolute atomic E-state index is 2.30. The summed E-state index contributed by atoms with van der Waals surface area (Å²) in [5.41, 5.74) is 5.77. The minimum atomic E-state index is 0.141. The fourth-order valence-electron chi connectivity index (χ4n) is 2.81. The van der Waals surface area contributed by atoms with Crippen LogP contribution in [-0.2, 0) is 0 Å². The second-order valence-electron chi connectivity index (χ2n) is 5.83. The molecule has 0 spiro atoms. The Morgan fingerprint density at radius 2 is 1.33 bits per heavy atom. The molecule has 0 saturated carbocycles. The molecule has 4 rings (SSSR count). The third kappa shape index (κ3) is 1.32. The van der Waals surface area contributed by atoms with E-state index in [1.54, 1.807) is 0 Å². The molecule has 0 N–H and O–H groups in total. The summed E-state index contributed by atoms with van der Waals surface area (Å²) in [4.78, 5) is 0. The van der Waals surface area contributed by atoms with E-state index >= 15 is 0 Å². The molecule has 1 radical (unpaired) electrons. The van der Waals surface area contributed by atoms with Gasteiger partial charge in [-0.3, -0.25) is 0 Å². The lowest BCUT2D eigenvalue weighted by Crippen LogP contribution is -1.99. The lowest BCUT2D eigenvalue weighted by atomic mass is 9.93. The molecule has 0 heterocycles. The molecule has 2 aromatic rings. The van der Waals surface area contributed by atoms with Gasteiger partial charge in [0.05, 0.1) is 0 Å². The van der Waals surface area contributed by atoms with E-state index in [0.717, 1.165) is 0 Å². The van der Waals surface area contributed by atoms with Gasteiger partial charge < -0.3 is 0 Å². The topological polar surface area (TPSA) is 0 Å². The third-order valence-corrected chi connectivity index (χ3v) is 3.94. The molecule has 2 aliphatic carbocycles.